The summed E-state index contributed by atoms with van der Waals surface area (Å²) in [6.07, 6.45) is 3.38. The Kier molecular flexibility index (Phi) is 5.15. The van der Waals surface area contributed by atoms with E-state index in [0.29, 0.717) is 11.7 Å². The number of nitriles is 1. The summed E-state index contributed by atoms with van der Waals surface area (Å²) in [5.74, 6) is 0.315. The van der Waals surface area contributed by atoms with Crippen molar-refractivity contribution in [3.05, 3.63) is 83.1 Å². The molecule has 2 aliphatic rings. The van der Waals surface area contributed by atoms with Crippen LogP contribution in [0.25, 0.3) is 28.3 Å². The third kappa shape index (κ3) is 3.47. The number of carbonyl (C=O) groups is 1. The molecule has 0 fully saturated rings. The lowest BCUT2D eigenvalue weighted by molar-refractivity contribution is -0.120. The van der Waals surface area contributed by atoms with Crippen LogP contribution in [0.2, 0.25) is 0 Å². The van der Waals surface area contributed by atoms with Gasteiger partial charge in [-0.3, -0.25) is 4.79 Å². The minimum atomic E-state index is -0.305. The smallest absolute Gasteiger partial charge is 0.223 e. The van der Waals surface area contributed by atoms with Gasteiger partial charge in [-0.25, -0.2) is 9.07 Å². The molecular weight excluding hydrogens is 457 g/mol. The van der Waals surface area contributed by atoms with Gasteiger partial charge in [-0.2, -0.15) is 15.3 Å². The second-order valence-corrected chi connectivity index (χ2v) is 9.39. The number of fused-ring (bicyclic) bond motifs is 3. The number of hydrogen-bond acceptors (Lipinski definition) is 6. The molecule has 0 N–H and O–H groups in total. The van der Waals surface area contributed by atoms with Crippen LogP contribution in [-0.4, -0.2) is 25.7 Å². The molecule has 7 nitrogen and oxygen atoms in total. The predicted octanol–water partition coefficient (Wildman–Crippen LogP) is 5.35. The van der Waals surface area contributed by atoms with Gasteiger partial charge < -0.3 is 4.52 Å². The first kappa shape index (κ1) is 22.1. The molecule has 0 saturated carbocycles. The summed E-state index contributed by atoms with van der Waals surface area (Å²) in [6, 6.07) is 16.1. The summed E-state index contributed by atoms with van der Waals surface area (Å²) in [4.78, 5) is 17.0. The Morgan fingerprint density at radius 2 is 1.83 bits per heavy atom. The third-order valence-electron chi connectivity index (χ3n) is 7.33. The molecule has 6 rings (SSSR count). The van der Waals surface area contributed by atoms with Crippen molar-refractivity contribution in [3.63, 3.8) is 0 Å². The van der Waals surface area contributed by atoms with E-state index < -0.39 is 0 Å². The van der Waals surface area contributed by atoms with E-state index in [4.69, 9.17) is 9.62 Å². The fraction of sp³-hybridized carbons (Fsp3) is 0.250. The van der Waals surface area contributed by atoms with Crippen molar-refractivity contribution in [2.24, 2.45) is 11.8 Å². The normalized spacial score (nSPS) is 20.9. The minimum absolute atomic E-state index is 0.0835. The standard InChI is InChI=1S/C28H22FN5O2/c1-15-22-11-12-23-25(17-3-7-20(29)8-4-17)32-34(26(23)24(22)13-19(14-30)27(15)35)21-9-5-18(6-10-21)28-31-16(2)36-33-28/h3-10,13,15,22,24H,11-12H2,1-2H3. The fourth-order valence-corrected chi connectivity index (χ4v) is 5.51. The molecule has 2 aliphatic carbocycles. The van der Waals surface area contributed by atoms with Crippen molar-refractivity contribution in [2.45, 2.75) is 32.6 Å². The van der Waals surface area contributed by atoms with E-state index in [-0.39, 0.29) is 34.9 Å². The van der Waals surface area contributed by atoms with Crippen LogP contribution in [0.15, 0.2) is 64.7 Å². The summed E-state index contributed by atoms with van der Waals surface area (Å²) >= 11 is 0. The highest BCUT2D eigenvalue weighted by molar-refractivity contribution is 6.01. The Labute approximate surface area is 206 Å². The summed E-state index contributed by atoms with van der Waals surface area (Å²) in [7, 11) is 0. The predicted molar refractivity (Wildman–Crippen MR) is 129 cm³/mol. The monoisotopic (exact) mass is 479 g/mol. The molecule has 3 unspecified atom stereocenters. The fourth-order valence-electron chi connectivity index (χ4n) is 5.51. The molecule has 0 saturated heterocycles. The summed E-state index contributed by atoms with van der Waals surface area (Å²) < 4.78 is 20.7. The zero-order valence-electron chi connectivity index (χ0n) is 19.8. The average Bonchev–Trinajstić information content (AvgIpc) is 3.51. The summed E-state index contributed by atoms with van der Waals surface area (Å²) in [5, 5.41) is 18.6. The number of aromatic nitrogens is 4. The quantitative estimate of drug-likeness (QED) is 0.393. The number of nitrogens with zero attached hydrogens (tertiary/aromatic N) is 5. The SMILES string of the molecule is Cc1nc(-c2ccc(-n3nc(-c4ccc(F)cc4)c4c3C3C=C(C#N)C(=O)C(C)C3CC4)cc2)no1. The second-order valence-electron chi connectivity index (χ2n) is 9.39. The van der Waals surface area contributed by atoms with E-state index in [0.717, 1.165) is 46.6 Å². The number of rotatable bonds is 3. The molecule has 0 bridgehead atoms. The molecule has 0 amide bonds. The van der Waals surface area contributed by atoms with Gasteiger partial charge in [0.05, 0.1) is 22.6 Å². The Bertz CT molecular complexity index is 1560. The number of ketones is 1. The van der Waals surface area contributed by atoms with Crippen LogP contribution in [0.5, 0.6) is 0 Å². The zero-order chi connectivity index (χ0) is 25.0. The highest BCUT2D eigenvalue weighted by Crippen LogP contribution is 2.48. The number of benzene rings is 2. The van der Waals surface area contributed by atoms with Crippen LogP contribution in [0.3, 0.4) is 0 Å². The molecule has 4 aromatic rings. The number of Topliss-reactive ketones (excluding diaryl/α,β-unsaturated/α-hetero) is 1. The molecule has 8 heteroatoms. The lowest BCUT2D eigenvalue weighted by Gasteiger charge is -2.37. The van der Waals surface area contributed by atoms with Crippen LogP contribution >= 0.6 is 0 Å². The Hall–Kier alpha value is -4.38. The van der Waals surface area contributed by atoms with Gasteiger partial charge in [0.15, 0.2) is 5.78 Å². The van der Waals surface area contributed by atoms with Crippen molar-refractivity contribution in [3.8, 4) is 34.4 Å². The molecular formula is C28H22FN5O2. The van der Waals surface area contributed by atoms with Crippen LogP contribution in [0.1, 0.15) is 36.4 Å². The van der Waals surface area contributed by atoms with E-state index in [1.807, 2.05) is 41.9 Å². The van der Waals surface area contributed by atoms with Gasteiger partial charge in [-0.15, -0.1) is 0 Å². The Morgan fingerprint density at radius 1 is 1.11 bits per heavy atom. The van der Waals surface area contributed by atoms with Crippen LogP contribution < -0.4 is 0 Å². The number of allylic oxidation sites excluding steroid dienone is 2. The van der Waals surface area contributed by atoms with Gasteiger partial charge >= 0.3 is 0 Å². The van der Waals surface area contributed by atoms with E-state index in [9.17, 15) is 14.4 Å². The van der Waals surface area contributed by atoms with Crippen molar-refractivity contribution in [1.29, 1.82) is 5.26 Å². The van der Waals surface area contributed by atoms with Crippen molar-refractivity contribution in [2.75, 3.05) is 0 Å². The van der Waals surface area contributed by atoms with Crippen molar-refractivity contribution in [1.82, 2.24) is 19.9 Å². The van der Waals surface area contributed by atoms with Gasteiger partial charge in [-0.1, -0.05) is 18.2 Å². The highest BCUT2D eigenvalue weighted by Gasteiger charge is 2.43. The van der Waals surface area contributed by atoms with E-state index in [1.165, 1.54) is 12.1 Å². The first-order valence-electron chi connectivity index (χ1n) is 11.9. The first-order valence-corrected chi connectivity index (χ1v) is 11.9. The molecule has 2 heterocycles. The topological polar surface area (TPSA) is 97.6 Å². The lowest BCUT2D eigenvalue weighted by Crippen LogP contribution is -2.35. The molecule has 0 aliphatic heterocycles. The Morgan fingerprint density at radius 3 is 2.50 bits per heavy atom. The zero-order valence-corrected chi connectivity index (χ0v) is 19.8. The maximum atomic E-state index is 13.7. The molecule has 36 heavy (non-hydrogen) atoms. The maximum absolute atomic E-state index is 13.7. The van der Waals surface area contributed by atoms with E-state index >= 15 is 0 Å². The lowest BCUT2D eigenvalue weighted by atomic mass is 9.66. The molecule has 2 aromatic heterocycles. The van der Waals surface area contributed by atoms with Crippen molar-refractivity contribution < 1.29 is 13.7 Å². The van der Waals surface area contributed by atoms with Crippen LogP contribution in [0, 0.1) is 35.9 Å². The average molecular weight is 480 g/mol. The highest BCUT2D eigenvalue weighted by atomic mass is 19.1. The van der Waals surface area contributed by atoms with Gasteiger partial charge in [0, 0.05) is 35.4 Å². The van der Waals surface area contributed by atoms with Gasteiger partial charge in [0.25, 0.3) is 0 Å². The number of halogens is 1. The second kappa shape index (κ2) is 8.38. The molecule has 178 valence electrons. The Balaban J connectivity index is 1.53. The molecule has 3 atom stereocenters. The third-order valence-corrected chi connectivity index (χ3v) is 7.33. The molecule has 0 radical (unpaired) electrons. The molecule has 0 spiro atoms. The van der Waals surface area contributed by atoms with Gasteiger partial charge in [0.2, 0.25) is 11.7 Å². The summed E-state index contributed by atoms with van der Waals surface area (Å²) in [6.45, 7) is 3.66. The minimum Gasteiger partial charge on any atom is -0.339 e. The van der Waals surface area contributed by atoms with E-state index in [2.05, 4.69) is 16.2 Å². The summed E-state index contributed by atoms with van der Waals surface area (Å²) in [5.41, 5.74) is 5.51. The first-order chi connectivity index (χ1) is 17.4. The largest absolute Gasteiger partial charge is 0.339 e. The molecule has 2 aromatic carbocycles. The number of hydrogen-bond donors (Lipinski definition) is 0. The number of aryl methyl sites for hydroxylation is 1. The maximum Gasteiger partial charge on any atom is 0.223 e. The number of carbonyl (C=O) groups excluding carboxylic acids is 1. The van der Waals surface area contributed by atoms with E-state index in [1.54, 1.807) is 19.1 Å². The van der Waals surface area contributed by atoms with Crippen LogP contribution in [0.4, 0.5) is 4.39 Å². The van der Waals surface area contributed by atoms with Gasteiger partial charge in [0.1, 0.15) is 11.9 Å². The van der Waals surface area contributed by atoms with Crippen molar-refractivity contribution >= 4 is 5.78 Å². The van der Waals surface area contributed by atoms with Crippen LogP contribution in [-0.2, 0) is 11.2 Å². The van der Waals surface area contributed by atoms with Gasteiger partial charge in [-0.05, 0) is 67.3 Å².